The Bertz CT molecular complexity index is 1090. The van der Waals surface area contributed by atoms with Gasteiger partial charge in [0.25, 0.3) is 5.91 Å². The van der Waals surface area contributed by atoms with E-state index in [0.717, 1.165) is 22.0 Å². The number of hydrogen-bond donors (Lipinski definition) is 3. The van der Waals surface area contributed by atoms with E-state index in [4.69, 9.17) is 17.0 Å². The molecule has 4 rings (SSSR count). The SMILES string of the molecule is COc1cc(/C=C2\SC(=S)NC2=O)cc(-c2ccc3[nH]ccc3c2)c1O. The lowest BCUT2D eigenvalue weighted by Gasteiger charge is -2.11. The van der Waals surface area contributed by atoms with Gasteiger partial charge in [0, 0.05) is 17.3 Å². The van der Waals surface area contributed by atoms with Crippen LogP contribution in [0.2, 0.25) is 0 Å². The number of amides is 1. The van der Waals surface area contributed by atoms with Crippen LogP contribution in [0.3, 0.4) is 0 Å². The lowest BCUT2D eigenvalue weighted by atomic mass is 9.99. The van der Waals surface area contributed by atoms with E-state index in [-0.39, 0.29) is 11.7 Å². The van der Waals surface area contributed by atoms with E-state index >= 15 is 0 Å². The second-order valence-corrected chi connectivity index (χ2v) is 7.47. The molecule has 1 amide bonds. The molecular formula is C19H14N2O3S2. The lowest BCUT2D eigenvalue weighted by molar-refractivity contribution is -0.115. The molecule has 7 heteroatoms. The summed E-state index contributed by atoms with van der Waals surface area (Å²) < 4.78 is 5.75. The van der Waals surface area contributed by atoms with Gasteiger partial charge < -0.3 is 20.1 Å². The monoisotopic (exact) mass is 382 g/mol. The van der Waals surface area contributed by atoms with Crippen LogP contribution in [0.15, 0.2) is 47.5 Å². The third-order valence-corrected chi connectivity index (χ3v) is 5.28. The second-order valence-electron chi connectivity index (χ2n) is 5.75. The first kappa shape index (κ1) is 16.7. The Hall–Kier alpha value is -2.77. The van der Waals surface area contributed by atoms with E-state index in [1.165, 1.54) is 18.9 Å². The van der Waals surface area contributed by atoms with Gasteiger partial charge in [-0.15, -0.1) is 0 Å². The van der Waals surface area contributed by atoms with Crippen molar-refractivity contribution in [2.24, 2.45) is 0 Å². The molecule has 0 unspecified atom stereocenters. The Morgan fingerprint density at radius 1 is 1.23 bits per heavy atom. The van der Waals surface area contributed by atoms with Crippen molar-refractivity contribution in [3.8, 4) is 22.6 Å². The summed E-state index contributed by atoms with van der Waals surface area (Å²) in [4.78, 5) is 15.6. The van der Waals surface area contributed by atoms with Crippen LogP contribution < -0.4 is 10.1 Å². The number of nitrogens with one attached hydrogen (secondary N) is 2. The Balaban J connectivity index is 1.85. The van der Waals surface area contributed by atoms with Crippen molar-refractivity contribution in [3.63, 3.8) is 0 Å². The molecule has 0 aliphatic carbocycles. The van der Waals surface area contributed by atoms with E-state index in [0.29, 0.717) is 20.5 Å². The van der Waals surface area contributed by atoms with Gasteiger partial charge in [0.15, 0.2) is 11.5 Å². The topological polar surface area (TPSA) is 74.3 Å². The van der Waals surface area contributed by atoms with Crippen molar-refractivity contribution in [2.75, 3.05) is 7.11 Å². The van der Waals surface area contributed by atoms with Crippen molar-refractivity contribution in [3.05, 3.63) is 53.1 Å². The van der Waals surface area contributed by atoms with Gasteiger partial charge in [-0.25, -0.2) is 0 Å². The molecule has 0 bridgehead atoms. The molecule has 2 aromatic carbocycles. The molecule has 1 aliphatic rings. The Morgan fingerprint density at radius 2 is 2.08 bits per heavy atom. The predicted molar refractivity (Wildman–Crippen MR) is 108 cm³/mol. The number of aromatic amines is 1. The van der Waals surface area contributed by atoms with E-state index in [9.17, 15) is 9.90 Å². The van der Waals surface area contributed by atoms with E-state index in [1.54, 1.807) is 12.1 Å². The molecular weight excluding hydrogens is 368 g/mol. The molecule has 1 saturated heterocycles. The number of ether oxygens (including phenoxy) is 1. The first-order valence-electron chi connectivity index (χ1n) is 7.78. The first-order valence-corrected chi connectivity index (χ1v) is 9.01. The number of H-pyrrole nitrogens is 1. The van der Waals surface area contributed by atoms with Crippen LogP contribution in [0.1, 0.15) is 5.56 Å². The van der Waals surface area contributed by atoms with Gasteiger partial charge in [-0.05, 0) is 52.9 Å². The highest BCUT2D eigenvalue weighted by atomic mass is 32.2. The molecule has 0 spiro atoms. The number of fused-ring (bicyclic) bond motifs is 1. The maximum absolute atomic E-state index is 11.9. The van der Waals surface area contributed by atoms with Crippen LogP contribution >= 0.6 is 24.0 Å². The van der Waals surface area contributed by atoms with Crippen LogP contribution in [0, 0.1) is 0 Å². The van der Waals surface area contributed by atoms with Crippen molar-refractivity contribution >= 4 is 51.2 Å². The predicted octanol–water partition coefficient (Wildman–Crippen LogP) is 4.04. The molecule has 5 nitrogen and oxygen atoms in total. The summed E-state index contributed by atoms with van der Waals surface area (Å²) in [5, 5.41) is 14.2. The third-order valence-electron chi connectivity index (χ3n) is 4.12. The fourth-order valence-electron chi connectivity index (χ4n) is 2.88. The largest absolute Gasteiger partial charge is 0.504 e. The average molecular weight is 382 g/mol. The number of benzene rings is 2. The fraction of sp³-hybridized carbons (Fsp3) is 0.0526. The number of rotatable bonds is 3. The minimum Gasteiger partial charge on any atom is -0.504 e. The van der Waals surface area contributed by atoms with Gasteiger partial charge in [0.2, 0.25) is 0 Å². The smallest absolute Gasteiger partial charge is 0.263 e. The summed E-state index contributed by atoms with van der Waals surface area (Å²) in [6.07, 6.45) is 3.61. The average Bonchev–Trinajstić information content (AvgIpc) is 3.21. The number of carbonyl (C=O) groups excluding carboxylic acids is 1. The Morgan fingerprint density at radius 3 is 2.81 bits per heavy atom. The van der Waals surface area contributed by atoms with E-state index in [1.807, 2.05) is 36.5 Å². The standard InChI is InChI=1S/C19H14N2O3S2/c1-24-15-7-10(8-16-18(23)21-19(25)26-16)6-13(17(15)22)11-2-3-14-12(9-11)4-5-20-14/h2-9,20,22H,1H3,(H,21,23,25)/b16-8-. The highest BCUT2D eigenvalue weighted by molar-refractivity contribution is 8.26. The van der Waals surface area contributed by atoms with Crippen LogP contribution in [0.5, 0.6) is 11.5 Å². The van der Waals surface area contributed by atoms with Crippen molar-refractivity contribution in [1.29, 1.82) is 0 Å². The highest BCUT2D eigenvalue weighted by Gasteiger charge is 2.22. The number of phenols is 1. The summed E-state index contributed by atoms with van der Waals surface area (Å²) in [6.45, 7) is 0. The maximum atomic E-state index is 11.9. The summed E-state index contributed by atoms with van der Waals surface area (Å²) in [5.41, 5.74) is 3.25. The molecule has 1 aliphatic heterocycles. The molecule has 3 N–H and O–H groups in total. The van der Waals surface area contributed by atoms with Gasteiger partial charge >= 0.3 is 0 Å². The zero-order valence-electron chi connectivity index (χ0n) is 13.7. The van der Waals surface area contributed by atoms with Gasteiger partial charge in [0.1, 0.15) is 4.32 Å². The zero-order valence-corrected chi connectivity index (χ0v) is 15.3. The number of thioether (sulfide) groups is 1. The molecule has 1 aromatic heterocycles. The van der Waals surface area contributed by atoms with Crippen molar-refractivity contribution in [2.45, 2.75) is 0 Å². The third kappa shape index (κ3) is 2.95. The second kappa shape index (κ2) is 6.51. The summed E-state index contributed by atoms with van der Waals surface area (Å²) >= 11 is 6.24. The van der Waals surface area contributed by atoms with Gasteiger partial charge in [-0.1, -0.05) is 30.0 Å². The minimum absolute atomic E-state index is 0.0589. The number of thiocarbonyl (C=S) groups is 1. The maximum Gasteiger partial charge on any atom is 0.263 e. The van der Waals surface area contributed by atoms with Gasteiger partial charge in [-0.3, -0.25) is 4.79 Å². The molecule has 0 radical (unpaired) electrons. The molecule has 130 valence electrons. The molecule has 26 heavy (non-hydrogen) atoms. The number of aromatic hydroxyl groups is 1. The number of phenolic OH excluding ortho intramolecular Hbond substituents is 1. The number of carbonyl (C=O) groups is 1. The quantitative estimate of drug-likeness (QED) is 0.471. The van der Waals surface area contributed by atoms with Crippen LogP contribution in [-0.4, -0.2) is 27.4 Å². The summed E-state index contributed by atoms with van der Waals surface area (Å²) in [6, 6.07) is 11.4. The van der Waals surface area contributed by atoms with E-state index < -0.39 is 0 Å². The Kier molecular flexibility index (Phi) is 4.18. The molecule has 3 aromatic rings. The van der Waals surface area contributed by atoms with Crippen LogP contribution in [-0.2, 0) is 4.79 Å². The molecule has 1 fully saturated rings. The number of methoxy groups -OCH3 is 1. The Labute approximate surface area is 159 Å². The highest BCUT2D eigenvalue weighted by Crippen LogP contribution is 2.40. The van der Waals surface area contributed by atoms with Crippen molar-refractivity contribution < 1.29 is 14.6 Å². The normalized spacial score (nSPS) is 15.7. The van der Waals surface area contributed by atoms with Crippen molar-refractivity contribution in [1.82, 2.24) is 10.3 Å². The molecule has 0 atom stereocenters. The minimum atomic E-state index is -0.220. The van der Waals surface area contributed by atoms with E-state index in [2.05, 4.69) is 10.3 Å². The summed E-state index contributed by atoms with van der Waals surface area (Å²) in [5.74, 6) is 0.181. The van der Waals surface area contributed by atoms with Gasteiger partial charge in [0.05, 0.1) is 12.0 Å². The summed E-state index contributed by atoms with van der Waals surface area (Å²) in [7, 11) is 1.50. The zero-order chi connectivity index (χ0) is 18.3. The van der Waals surface area contributed by atoms with Crippen LogP contribution in [0.4, 0.5) is 0 Å². The fourth-order valence-corrected chi connectivity index (χ4v) is 3.93. The first-order chi connectivity index (χ1) is 12.5. The number of aromatic nitrogens is 1. The number of hydrogen-bond acceptors (Lipinski definition) is 5. The van der Waals surface area contributed by atoms with Gasteiger partial charge in [-0.2, -0.15) is 0 Å². The molecule has 0 saturated carbocycles. The lowest BCUT2D eigenvalue weighted by Crippen LogP contribution is -2.17. The van der Waals surface area contributed by atoms with Crippen LogP contribution in [0.25, 0.3) is 28.1 Å². The molecule has 2 heterocycles.